The van der Waals surface area contributed by atoms with Gasteiger partial charge >= 0.3 is 0 Å². The number of rotatable bonds is 3. The summed E-state index contributed by atoms with van der Waals surface area (Å²) in [5.74, 6) is 1.45. The van der Waals surface area contributed by atoms with Crippen LogP contribution in [0.4, 0.5) is 5.69 Å². The number of nitrogens with zero attached hydrogens (tertiary/aromatic N) is 3. The monoisotopic (exact) mass is 349 g/mol. The molecular formula is C20H19N3O3. The summed E-state index contributed by atoms with van der Waals surface area (Å²) in [5.41, 5.74) is 3.98. The highest BCUT2D eigenvalue weighted by molar-refractivity contribution is 5.99. The van der Waals surface area contributed by atoms with Crippen molar-refractivity contribution in [2.45, 2.75) is 33.4 Å². The Morgan fingerprint density at radius 2 is 1.92 bits per heavy atom. The van der Waals surface area contributed by atoms with Crippen LogP contribution in [0.25, 0.3) is 11.4 Å². The highest BCUT2D eigenvalue weighted by Crippen LogP contribution is 2.34. The second-order valence-corrected chi connectivity index (χ2v) is 6.46. The lowest BCUT2D eigenvalue weighted by Crippen LogP contribution is -2.44. The number of ether oxygens (including phenoxy) is 1. The molecule has 0 fully saturated rings. The van der Waals surface area contributed by atoms with E-state index >= 15 is 0 Å². The van der Waals surface area contributed by atoms with Crippen molar-refractivity contribution in [3.8, 4) is 17.1 Å². The van der Waals surface area contributed by atoms with E-state index in [1.807, 2.05) is 49.4 Å². The number of carbonyl (C=O) groups is 1. The summed E-state index contributed by atoms with van der Waals surface area (Å²) in [6.07, 6.45) is -0.549. The molecule has 0 unspecified atom stereocenters. The van der Waals surface area contributed by atoms with Gasteiger partial charge in [0.15, 0.2) is 6.10 Å². The van der Waals surface area contributed by atoms with Crippen LogP contribution in [0.15, 0.2) is 47.0 Å². The molecule has 2 heterocycles. The van der Waals surface area contributed by atoms with Crippen LogP contribution in [0.1, 0.15) is 23.9 Å². The Labute approximate surface area is 151 Å². The Morgan fingerprint density at radius 3 is 2.73 bits per heavy atom. The molecule has 1 aliphatic rings. The average molecular weight is 349 g/mol. The standard InChI is InChI=1S/C20H19N3O3/c1-12-8-9-15(10-13(12)2)19-21-18(26-22-19)11-23-16-6-4-5-7-17(16)25-14(3)20(23)24/h4-10,14H,11H2,1-3H3/t14-/m1/s1. The fourth-order valence-electron chi connectivity index (χ4n) is 2.97. The highest BCUT2D eigenvalue weighted by atomic mass is 16.5. The molecule has 26 heavy (non-hydrogen) atoms. The molecule has 6 nitrogen and oxygen atoms in total. The van der Waals surface area contributed by atoms with E-state index in [0.29, 0.717) is 23.2 Å². The van der Waals surface area contributed by atoms with Crippen molar-refractivity contribution in [2.24, 2.45) is 0 Å². The van der Waals surface area contributed by atoms with Gasteiger partial charge in [0.25, 0.3) is 5.91 Å². The number of para-hydroxylation sites is 2. The van der Waals surface area contributed by atoms with Crippen LogP contribution in [0.5, 0.6) is 5.75 Å². The van der Waals surface area contributed by atoms with Crippen LogP contribution in [-0.4, -0.2) is 22.2 Å². The van der Waals surface area contributed by atoms with Crippen LogP contribution < -0.4 is 9.64 Å². The maximum absolute atomic E-state index is 12.6. The molecule has 6 heteroatoms. The maximum Gasteiger partial charge on any atom is 0.268 e. The van der Waals surface area contributed by atoms with E-state index in [-0.39, 0.29) is 12.5 Å². The normalized spacial score (nSPS) is 16.3. The minimum atomic E-state index is -0.549. The molecule has 0 aliphatic carbocycles. The SMILES string of the molecule is Cc1ccc(-c2noc(CN3C(=O)[C@@H](C)Oc4ccccc43)n2)cc1C. The lowest BCUT2D eigenvalue weighted by Gasteiger charge is -2.31. The molecule has 1 aromatic heterocycles. The second-order valence-electron chi connectivity index (χ2n) is 6.46. The van der Waals surface area contributed by atoms with E-state index in [4.69, 9.17) is 9.26 Å². The second kappa shape index (κ2) is 6.29. The number of carbonyl (C=O) groups excluding carboxylic acids is 1. The van der Waals surface area contributed by atoms with Crippen molar-refractivity contribution in [3.05, 3.63) is 59.5 Å². The van der Waals surface area contributed by atoms with Crippen molar-refractivity contribution >= 4 is 11.6 Å². The quantitative estimate of drug-likeness (QED) is 0.722. The largest absolute Gasteiger partial charge is 0.479 e. The first-order valence-electron chi connectivity index (χ1n) is 8.50. The van der Waals surface area contributed by atoms with Gasteiger partial charge in [-0.05, 0) is 50.1 Å². The first-order chi connectivity index (χ1) is 12.5. The Bertz CT molecular complexity index is 980. The molecule has 0 bridgehead atoms. The van der Waals surface area contributed by atoms with E-state index in [9.17, 15) is 4.79 Å². The van der Waals surface area contributed by atoms with Gasteiger partial charge < -0.3 is 9.26 Å². The topological polar surface area (TPSA) is 68.5 Å². The van der Waals surface area contributed by atoms with E-state index in [1.165, 1.54) is 11.1 Å². The third-order valence-electron chi connectivity index (χ3n) is 4.60. The van der Waals surface area contributed by atoms with Crippen LogP contribution in [-0.2, 0) is 11.3 Å². The molecular weight excluding hydrogens is 330 g/mol. The van der Waals surface area contributed by atoms with Crippen molar-refractivity contribution in [3.63, 3.8) is 0 Å². The van der Waals surface area contributed by atoms with Crippen LogP contribution in [0.2, 0.25) is 0 Å². The van der Waals surface area contributed by atoms with Crippen LogP contribution in [0.3, 0.4) is 0 Å². The number of aryl methyl sites for hydroxylation is 2. The molecule has 3 aromatic rings. The lowest BCUT2D eigenvalue weighted by atomic mass is 10.1. The summed E-state index contributed by atoms with van der Waals surface area (Å²) in [6.45, 7) is 6.05. The van der Waals surface area contributed by atoms with Gasteiger partial charge in [0.05, 0.1) is 5.69 Å². The molecule has 1 aliphatic heterocycles. The van der Waals surface area contributed by atoms with Gasteiger partial charge in [-0.3, -0.25) is 9.69 Å². The van der Waals surface area contributed by atoms with Gasteiger partial charge in [-0.1, -0.05) is 29.4 Å². The van der Waals surface area contributed by atoms with E-state index in [0.717, 1.165) is 5.56 Å². The minimum Gasteiger partial charge on any atom is -0.479 e. The Hall–Kier alpha value is -3.15. The zero-order chi connectivity index (χ0) is 18.3. The van der Waals surface area contributed by atoms with Gasteiger partial charge in [-0.2, -0.15) is 4.98 Å². The van der Waals surface area contributed by atoms with Gasteiger partial charge in [0.2, 0.25) is 11.7 Å². The van der Waals surface area contributed by atoms with Gasteiger partial charge in [-0.15, -0.1) is 0 Å². The number of aromatic nitrogens is 2. The zero-order valence-corrected chi connectivity index (χ0v) is 14.9. The van der Waals surface area contributed by atoms with Gasteiger partial charge in [0.1, 0.15) is 12.3 Å². The summed E-state index contributed by atoms with van der Waals surface area (Å²) in [5, 5.41) is 4.07. The Kier molecular flexibility index (Phi) is 3.95. The van der Waals surface area contributed by atoms with E-state index < -0.39 is 6.10 Å². The van der Waals surface area contributed by atoms with Gasteiger partial charge in [-0.25, -0.2) is 0 Å². The smallest absolute Gasteiger partial charge is 0.268 e. The number of fused-ring (bicyclic) bond motifs is 1. The first kappa shape index (κ1) is 16.3. The molecule has 0 radical (unpaired) electrons. The summed E-state index contributed by atoms with van der Waals surface area (Å²) in [4.78, 5) is 18.7. The van der Waals surface area contributed by atoms with Crippen LogP contribution >= 0.6 is 0 Å². The predicted octanol–water partition coefficient (Wildman–Crippen LogP) is 3.67. The number of benzene rings is 2. The van der Waals surface area contributed by atoms with Crippen molar-refractivity contribution in [2.75, 3.05) is 4.90 Å². The molecule has 132 valence electrons. The molecule has 0 saturated carbocycles. The van der Waals surface area contributed by atoms with Gasteiger partial charge in [0, 0.05) is 5.56 Å². The summed E-state index contributed by atoms with van der Waals surface area (Å²) in [6, 6.07) is 13.5. The molecule has 0 spiro atoms. The zero-order valence-electron chi connectivity index (χ0n) is 14.9. The molecule has 2 aromatic carbocycles. The first-order valence-corrected chi connectivity index (χ1v) is 8.50. The Morgan fingerprint density at radius 1 is 1.12 bits per heavy atom. The molecule has 0 N–H and O–H groups in total. The fraction of sp³-hybridized carbons (Fsp3) is 0.250. The van der Waals surface area contributed by atoms with Crippen LogP contribution in [0, 0.1) is 13.8 Å². The lowest BCUT2D eigenvalue weighted by molar-refractivity contribution is -0.125. The Balaban J connectivity index is 1.63. The fourth-order valence-corrected chi connectivity index (χ4v) is 2.97. The number of amides is 1. The minimum absolute atomic E-state index is 0.130. The van der Waals surface area contributed by atoms with Crippen molar-refractivity contribution in [1.82, 2.24) is 10.1 Å². The summed E-state index contributed by atoms with van der Waals surface area (Å²) < 4.78 is 11.0. The average Bonchev–Trinajstić information content (AvgIpc) is 3.10. The summed E-state index contributed by atoms with van der Waals surface area (Å²) >= 11 is 0. The third-order valence-corrected chi connectivity index (χ3v) is 4.60. The van der Waals surface area contributed by atoms with E-state index in [2.05, 4.69) is 17.1 Å². The molecule has 0 saturated heterocycles. The summed E-state index contributed by atoms with van der Waals surface area (Å²) in [7, 11) is 0. The number of hydrogen-bond acceptors (Lipinski definition) is 5. The molecule has 4 rings (SSSR count). The third kappa shape index (κ3) is 2.83. The molecule has 1 amide bonds. The molecule has 1 atom stereocenters. The van der Waals surface area contributed by atoms with E-state index in [1.54, 1.807) is 11.8 Å². The number of anilines is 1. The predicted molar refractivity (Wildman–Crippen MR) is 96.9 cm³/mol. The maximum atomic E-state index is 12.6. The number of hydrogen-bond donors (Lipinski definition) is 0. The van der Waals surface area contributed by atoms with Crippen molar-refractivity contribution in [1.29, 1.82) is 0 Å². The van der Waals surface area contributed by atoms with Crippen molar-refractivity contribution < 1.29 is 14.1 Å². The highest BCUT2D eigenvalue weighted by Gasteiger charge is 2.32.